The van der Waals surface area contributed by atoms with Crippen LogP contribution in [0, 0.1) is 0 Å². The molecule has 104 valence electrons. The van der Waals surface area contributed by atoms with E-state index < -0.39 is 0 Å². The monoisotopic (exact) mass is 344 g/mol. The number of carbonyl (C=O) groups is 1. The normalized spacial score (nSPS) is 16.3. The molecular weight excluding hydrogens is 328 g/mol. The largest absolute Gasteiger partial charge is 0.351 e. The summed E-state index contributed by atoms with van der Waals surface area (Å²) in [6.07, 6.45) is 3.88. The topological polar surface area (TPSA) is 32.3 Å². The lowest BCUT2D eigenvalue weighted by Gasteiger charge is -2.26. The van der Waals surface area contributed by atoms with Crippen molar-refractivity contribution in [1.82, 2.24) is 10.2 Å². The van der Waals surface area contributed by atoms with E-state index in [0.29, 0.717) is 17.1 Å². The lowest BCUT2D eigenvalue weighted by molar-refractivity contribution is 0.0946. The van der Waals surface area contributed by atoms with E-state index in [2.05, 4.69) is 26.1 Å². The highest BCUT2D eigenvalue weighted by atomic mass is 79.9. The molecule has 1 heterocycles. The predicted octanol–water partition coefficient (Wildman–Crippen LogP) is 3.32. The van der Waals surface area contributed by atoms with Gasteiger partial charge in [0.25, 0.3) is 5.91 Å². The van der Waals surface area contributed by atoms with Crippen molar-refractivity contribution >= 4 is 33.4 Å². The molecule has 1 N–H and O–H groups in total. The van der Waals surface area contributed by atoms with Crippen molar-refractivity contribution in [2.45, 2.75) is 19.3 Å². The van der Waals surface area contributed by atoms with Crippen molar-refractivity contribution in [3.8, 4) is 0 Å². The lowest BCUT2D eigenvalue weighted by Crippen LogP contribution is -2.37. The van der Waals surface area contributed by atoms with Crippen LogP contribution in [0.4, 0.5) is 0 Å². The van der Waals surface area contributed by atoms with Crippen LogP contribution in [0.15, 0.2) is 22.7 Å². The smallest absolute Gasteiger partial charge is 0.252 e. The molecule has 5 heteroatoms. The van der Waals surface area contributed by atoms with Gasteiger partial charge >= 0.3 is 0 Å². The van der Waals surface area contributed by atoms with Crippen LogP contribution in [-0.2, 0) is 0 Å². The van der Waals surface area contributed by atoms with Crippen molar-refractivity contribution in [2.24, 2.45) is 0 Å². The Labute approximate surface area is 127 Å². The number of hydrogen-bond donors (Lipinski definition) is 1. The molecule has 1 aliphatic rings. The molecule has 2 rings (SSSR count). The van der Waals surface area contributed by atoms with Gasteiger partial charge in [-0.15, -0.1) is 0 Å². The molecule has 0 atom stereocenters. The van der Waals surface area contributed by atoms with E-state index in [-0.39, 0.29) is 5.91 Å². The number of rotatable bonds is 4. The fraction of sp³-hybridized carbons (Fsp3) is 0.500. The Hall–Kier alpha value is -0.580. The number of piperidine rings is 1. The highest BCUT2D eigenvalue weighted by molar-refractivity contribution is 9.10. The van der Waals surface area contributed by atoms with E-state index in [1.807, 2.05) is 0 Å². The molecule has 0 bridgehead atoms. The maximum Gasteiger partial charge on any atom is 0.252 e. The molecular formula is C14H18BrClN2O. The zero-order chi connectivity index (χ0) is 13.7. The van der Waals surface area contributed by atoms with E-state index in [1.165, 1.54) is 19.3 Å². The van der Waals surface area contributed by atoms with Gasteiger partial charge in [0.15, 0.2) is 0 Å². The first kappa shape index (κ1) is 14.8. The zero-order valence-electron chi connectivity index (χ0n) is 10.8. The molecule has 0 saturated carbocycles. The van der Waals surface area contributed by atoms with Crippen molar-refractivity contribution in [3.05, 3.63) is 33.3 Å². The van der Waals surface area contributed by atoms with Gasteiger partial charge in [0.2, 0.25) is 0 Å². The third kappa shape index (κ3) is 4.48. The van der Waals surface area contributed by atoms with E-state index in [0.717, 1.165) is 24.1 Å². The van der Waals surface area contributed by atoms with E-state index in [1.54, 1.807) is 18.2 Å². The number of carbonyl (C=O) groups excluding carboxylic acids is 1. The summed E-state index contributed by atoms with van der Waals surface area (Å²) in [4.78, 5) is 14.4. The Bertz CT molecular complexity index is 447. The van der Waals surface area contributed by atoms with Crippen molar-refractivity contribution in [3.63, 3.8) is 0 Å². The first-order valence-corrected chi connectivity index (χ1v) is 7.79. The molecule has 0 aromatic heterocycles. The molecule has 1 amide bonds. The third-order valence-corrected chi connectivity index (χ3v) is 4.23. The summed E-state index contributed by atoms with van der Waals surface area (Å²) in [5, 5.41) is 3.57. The standard InChI is InChI=1S/C14H18BrClN2O/c15-13-10-11(16)4-5-12(13)14(19)17-6-9-18-7-2-1-3-8-18/h4-5,10H,1-3,6-9H2,(H,17,19). The lowest BCUT2D eigenvalue weighted by atomic mass is 10.1. The molecule has 1 aromatic carbocycles. The highest BCUT2D eigenvalue weighted by Crippen LogP contribution is 2.21. The summed E-state index contributed by atoms with van der Waals surface area (Å²) in [7, 11) is 0. The molecule has 0 aliphatic carbocycles. The maximum absolute atomic E-state index is 12.0. The number of benzene rings is 1. The predicted molar refractivity (Wildman–Crippen MR) is 81.8 cm³/mol. The summed E-state index contributed by atoms with van der Waals surface area (Å²) < 4.78 is 0.732. The molecule has 3 nitrogen and oxygen atoms in total. The van der Waals surface area contributed by atoms with Gasteiger partial charge in [0, 0.05) is 22.6 Å². The second kappa shape index (κ2) is 7.27. The van der Waals surface area contributed by atoms with E-state index in [9.17, 15) is 4.79 Å². The second-order valence-corrected chi connectivity index (χ2v) is 6.07. The molecule has 19 heavy (non-hydrogen) atoms. The summed E-state index contributed by atoms with van der Waals surface area (Å²) in [6, 6.07) is 5.20. The van der Waals surface area contributed by atoms with Crippen LogP contribution < -0.4 is 5.32 Å². The molecule has 0 spiro atoms. The highest BCUT2D eigenvalue weighted by Gasteiger charge is 2.12. The van der Waals surface area contributed by atoms with Crippen LogP contribution in [0.25, 0.3) is 0 Å². The van der Waals surface area contributed by atoms with Gasteiger partial charge in [-0.05, 0) is 60.1 Å². The minimum Gasteiger partial charge on any atom is -0.351 e. The molecule has 1 fully saturated rings. The summed E-state index contributed by atoms with van der Waals surface area (Å²) in [6.45, 7) is 3.92. The number of amides is 1. The van der Waals surface area contributed by atoms with Crippen LogP contribution in [0.5, 0.6) is 0 Å². The molecule has 1 saturated heterocycles. The van der Waals surface area contributed by atoms with Crippen LogP contribution in [-0.4, -0.2) is 37.0 Å². The van der Waals surface area contributed by atoms with E-state index in [4.69, 9.17) is 11.6 Å². The van der Waals surface area contributed by atoms with Crippen LogP contribution in [0.3, 0.4) is 0 Å². The van der Waals surface area contributed by atoms with E-state index >= 15 is 0 Å². The van der Waals surface area contributed by atoms with Crippen LogP contribution >= 0.6 is 27.5 Å². The number of nitrogens with one attached hydrogen (secondary N) is 1. The van der Waals surface area contributed by atoms with Gasteiger partial charge in [0.05, 0.1) is 5.56 Å². The number of nitrogens with zero attached hydrogens (tertiary/aromatic N) is 1. The zero-order valence-corrected chi connectivity index (χ0v) is 13.1. The second-order valence-electron chi connectivity index (χ2n) is 4.78. The molecule has 1 aromatic rings. The molecule has 0 unspecified atom stereocenters. The fourth-order valence-electron chi connectivity index (χ4n) is 2.28. The first-order chi connectivity index (χ1) is 9.16. The molecule has 0 radical (unpaired) electrons. The Morgan fingerprint density at radius 1 is 1.32 bits per heavy atom. The minimum absolute atomic E-state index is 0.0550. The summed E-state index contributed by atoms with van der Waals surface area (Å²) in [5.74, 6) is -0.0550. The average Bonchev–Trinajstić information content (AvgIpc) is 2.39. The van der Waals surface area contributed by atoms with Gasteiger partial charge in [0.1, 0.15) is 0 Å². The Morgan fingerprint density at radius 2 is 2.05 bits per heavy atom. The van der Waals surface area contributed by atoms with Gasteiger partial charge in [-0.25, -0.2) is 0 Å². The van der Waals surface area contributed by atoms with Gasteiger partial charge < -0.3 is 10.2 Å². The SMILES string of the molecule is O=C(NCCN1CCCCC1)c1ccc(Cl)cc1Br. The number of likely N-dealkylation sites (tertiary alicyclic amines) is 1. The summed E-state index contributed by atoms with van der Waals surface area (Å²) in [5.41, 5.74) is 0.628. The minimum atomic E-state index is -0.0550. The van der Waals surface area contributed by atoms with Gasteiger partial charge in [-0.3, -0.25) is 4.79 Å². The van der Waals surface area contributed by atoms with Crippen molar-refractivity contribution < 1.29 is 4.79 Å². The average molecular weight is 346 g/mol. The Balaban J connectivity index is 1.80. The Kier molecular flexibility index (Phi) is 5.67. The quantitative estimate of drug-likeness (QED) is 0.908. The number of hydrogen-bond acceptors (Lipinski definition) is 2. The summed E-state index contributed by atoms with van der Waals surface area (Å²) >= 11 is 9.22. The van der Waals surface area contributed by atoms with Crippen LogP contribution in [0.2, 0.25) is 5.02 Å². The van der Waals surface area contributed by atoms with Crippen LogP contribution in [0.1, 0.15) is 29.6 Å². The third-order valence-electron chi connectivity index (χ3n) is 3.34. The fourth-order valence-corrected chi connectivity index (χ4v) is 3.14. The van der Waals surface area contributed by atoms with Gasteiger partial charge in [-0.2, -0.15) is 0 Å². The Morgan fingerprint density at radius 3 is 2.74 bits per heavy atom. The van der Waals surface area contributed by atoms with Crippen molar-refractivity contribution in [1.29, 1.82) is 0 Å². The van der Waals surface area contributed by atoms with Crippen molar-refractivity contribution in [2.75, 3.05) is 26.2 Å². The molecule has 1 aliphatic heterocycles. The van der Waals surface area contributed by atoms with Gasteiger partial charge in [-0.1, -0.05) is 18.0 Å². The maximum atomic E-state index is 12.0. The first-order valence-electron chi connectivity index (χ1n) is 6.62. The number of halogens is 2.